The van der Waals surface area contributed by atoms with Crippen molar-refractivity contribution in [3.63, 3.8) is 0 Å². The zero-order chi connectivity index (χ0) is 15.8. The van der Waals surface area contributed by atoms with Gasteiger partial charge in [-0.1, -0.05) is 30.7 Å². The second-order valence-corrected chi connectivity index (χ2v) is 9.14. The van der Waals surface area contributed by atoms with Crippen LogP contribution in [0.25, 0.3) is 0 Å². The second kappa shape index (κ2) is 7.28. The van der Waals surface area contributed by atoms with Crippen LogP contribution in [0.2, 0.25) is 5.02 Å². The topological polar surface area (TPSA) is 49.4 Å². The molecule has 130 valence electrons. The molecule has 0 aliphatic carbocycles. The Labute approximate surface area is 149 Å². The lowest BCUT2D eigenvalue weighted by molar-refractivity contribution is 0.267. The Hall–Kier alpha value is -0.330. The summed E-state index contributed by atoms with van der Waals surface area (Å²) in [5.41, 5.74) is 1.22. The van der Waals surface area contributed by atoms with Crippen molar-refractivity contribution in [1.29, 1.82) is 0 Å². The fourth-order valence-corrected chi connectivity index (χ4v) is 5.45. The molecule has 4 nitrogen and oxygen atoms in total. The van der Waals surface area contributed by atoms with Crippen molar-refractivity contribution >= 4 is 33.8 Å². The Morgan fingerprint density at radius 1 is 1.35 bits per heavy atom. The van der Waals surface area contributed by atoms with Crippen LogP contribution in [-0.4, -0.2) is 45.2 Å². The minimum atomic E-state index is -3.30. The number of halogens is 2. The fourth-order valence-electron chi connectivity index (χ4n) is 3.72. The van der Waals surface area contributed by atoms with Crippen LogP contribution in [0.4, 0.5) is 0 Å². The van der Waals surface area contributed by atoms with E-state index in [0.717, 1.165) is 31.7 Å². The summed E-state index contributed by atoms with van der Waals surface area (Å²) >= 11 is 6.19. The van der Waals surface area contributed by atoms with E-state index >= 15 is 0 Å². The first-order valence-electron chi connectivity index (χ1n) is 7.89. The third-order valence-electron chi connectivity index (χ3n) is 4.98. The first kappa shape index (κ1) is 19.0. The smallest absolute Gasteiger partial charge is 0.179 e. The molecular formula is C16H24Cl2N2O2S. The van der Waals surface area contributed by atoms with Gasteiger partial charge in [0.15, 0.2) is 9.84 Å². The molecule has 2 fully saturated rings. The van der Waals surface area contributed by atoms with Crippen LogP contribution in [0.1, 0.15) is 25.3 Å². The van der Waals surface area contributed by atoms with E-state index in [2.05, 4.69) is 10.2 Å². The van der Waals surface area contributed by atoms with E-state index in [0.29, 0.717) is 21.9 Å². The molecule has 0 aromatic heterocycles. The van der Waals surface area contributed by atoms with Crippen LogP contribution >= 0.6 is 24.0 Å². The van der Waals surface area contributed by atoms with Crippen molar-refractivity contribution in [2.75, 3.05) is 31.9 Å². The van der Waals surface area contributed by atoms with Gasteiger partial charge in [-0.05, 0) is 43.0 Å². The molecule has 1 unspecified atom stereocenters. The Bertz CT molecular complexity index is 658. The predicted molar refractivity (Wildman–Crippen MR) is 96.2 cm³/mol. The number of nitrogens with zero attached hydrogens (tertiary/aromatic N) is 1. The number of benzene rings is 1. The van der Waals surface area contributed by atoms with Crippen molar-refractivity contribution in [3.05, 3.63) is 28.8 Å². The molecule has 0 bridgehead atoms. The number of hydrogen-bond donors (Lipinski definition) is 1. The van der Waals surface area contributed by atoms with E-state index in [-0.39, 0.29) is 18.2 Å². The summed E-state index contributed by atoms with van der Waals surface area (Å²) in [5, 5.41) is 3.79. The highest BCUT2D eigenvalue weighted by Gasteiger charge is 2.40. The fraction of sp³-hybridized carbons (Fsp3) is 0.625. The third-order valence-corrected chi connectivity index (χ3v) is 7.27. The van der Waals surface area contributed by atoms with Crippen molar-refractivity contribution in [1.82, 2.24) is 10.2 Å². The van der Waals surface area contributed by atoms with Crippen LogP contribution < -0.4 is 5.32 Å². The van der Waals surface area contributed by atoms with Crippen molar-refractivity contribution < 1.29 is 8.42 Å². The minimum Gasteiger partial charge on any atom is -0.316 e. The van der Waals surface area contributed by atoms with Crippen LogP contribution in [0.3, 0.4) is 0 Å². The second-order valence-electron chi connectivity index (χ2n) is 6.52. The van der Waals surface area contributed by atoms with Gasteiger partial charge in [-0.3, -0.25) is 4.90 Å². The Morgan fingerprint density at radius 3 is 2.78 bits per heavy atom. The maximum atomic E-state index is 12.4. The van der Waals surface area contributed by atoms with Crippen LogP contribution in [0.15, 0.2) is 23.1 Å². The average molecular weight is 379 g/mol. The molecule has 23 heavy (non-hydrogen) atoms. The van der Waals surface area contributed by atoms with E-state index < -0.39 is 9.84 Å². The first-order chi connectivity index (χ1) is 10.5. The molecule has 2 heterocycles. The highest BCUT2D eigenvalue weighted by Crippen LogP contribution is 2.37. The average Bonchev–Trinajstić information content (AvgIpc) is 3.09. The Balaban J connectivity index is 0.00000192. The number of hydrogen-bond acceptors (Lipinski definition) is 4. The summed E-state index contributed by atoms with van der Waals surface area (Å²) in [6.07, 6.45) is 2.41. The van der Waals surface area contributed by atoms with Crippen LogP contribution in [0.5, 0.6) is 0 Å². The van der Waals surface area contributed by atoms with Gasteiger partial charge in [0, 0.05) is 19.6 Å². The lowest BCUT2D eigenvalue weighted by Gasteiger charge is -2.23. The number of nitrogens with one attached hydrogen (secondary N) is 1. The summed E-state index contributed by atoms with van der Waals surface area (Å²) in [5.74, 6) is 0.0809. The SMILES string of the molecule is CCS(=O)(=O)c1c(Cl)cccc1CN1CCC2(CCNC2)C1.Cl. The molecule has 1 N–H and O–H groups in total. The molecule has 1 aromatic rings. The van der Waals surface area contributed by atoms with Gasteiger partial charge in [0.25, 0.3) is 0 Å². The molecule has 0 radical (unpaired) electrons. The zero-order valence-electron chi connectivity index (χ0n) is 13.3. The number of likely N-dealkylation sites (tertiary alicyclic amines) is 1. The molecule has 3 rings (SSSR count). The van der Waals surface area contributed by atoms with Gasteiger partial charge in [0.05, 0.1) is 15.7 Å². The molecule has 0 amide bonds. The monoisotopic (exact) mass is 378 g/mol. The van der Waals surface area contributed by atoms with E-state index in [9.17, 15) is 8.42 Å². The standard InChI is InChI=1S/C16H23ClN2O2S.ClH/c1-2-22(20,21)15-13(4-3-5-14(15)17)10-19-9-7-16(12-19)6-8-18-11-16;/h3-5,18H,2,6-12H2,1H3;1H. The maximum Gasteiger partial charge on any atom is 0.179 e. The predicted octanol–water partition coefficient (Wildman–Crippen LogP) is 2.74. The minimum absolute atomic E-state index is 0. The quantitative estimate of drug-likeness (QED) is 0.874. The van der Waals surface area contributed by atoms with Gasteiger partial charge >= 0.3 is 0 Å². The highest BCUT2D eigenvalue weighted by molar-refractivity contribution is 7.91. The highest BCUT2D eigenvalue weighted by atomic mass is 35.5. The molecule has 1 spiro atoms. The molecule has 2 saturated heterocycles. The van der Waals surface area contributed by atoms with Crippen LogP contribution in [0, 0.1) is 5.41 Å². The molecule has 1 aromatic carbocycles. The van der Waals surface area contributed by atoms with Gasteiger partial charge in [-0.2, -0.15) is 0 Å². The van der Waals surface area contributed by atoms with Gasteiger partial charge in [-0.25, -0.2) is 8.42 Å². The molecule has 2 aliphatic heterocycles. The largest absolute Gasteiger partial charge is 0.316 e. The molecule has 1 atom stereocenters. The van der Waals surface area contributed by atoms with E-state index in [4.69, 9.17) is 11.6 Å². The zero-order valence-corrected chi connectivity index (χ0v) is 15.7. The summed E-state index contributed by atoms with van der Waals surface area (Å²) in [4.78, 5) is 2.69. The summed E-state index contributed by atoms with van der Waals surface area (Å²) < 4.78 is 24.7. The van der Waals surface area contributed by atoms with E-state index in [1.165, 1.54) is 12.8 Å². The molecule has 7 heteroatoms. The van der Waals surface area contributed by atoms with Gasteiger partial charge in [0.2, 0.25) is 0 Å². The van der Waals surface area contributed by atoms with Crippen molar-refractivity contribution in [2.24, 2.45) is 5.41 Å². The van der Waals surface area contributed by atoms with E-state index in [1.807, 2.05) is 12.1 Å². The summed E-state index contributed by atoms with van der Waals surface area (Å²) in [6, 6.07) is 5.40. The van der Waals surface area contributed by atoms with Gasteiger partial charge in [-0.15, -0.1) is 12.4 Å². The van der Waals surface area contributed by atoms with Gasteiger partial charge in [0.1, 0.15) is 0 Å². The normalized spacial score (nSPS) is 25.0. The molecular weight excluding hydrogens is 355 g/mol. The molecule has 2 aliphatic rings. The Morgan fingerprint density at radius 2 is 2.13 bits per heavy atom. The maximum absolute atomic E-state index is 12.4. The van der Waals surface area contributed by atoms with Crippen molar-refractivity contribution in [2.45, 2.75) is 31.2 Å². The van der Waals surface area contributed by atoms with Gasteiger partial charge < -0.3 is 5.32 Å². The molecule has 0 saturated carbocycles. The third kappa shape index (κ3) is 3.85. The van der Waals surface area contributed by atoms with Crippen molar-refractivity contribution in [3.8, 4) is 0 Å². The lowest BCUT2D eigenvalue weighted by Crippen LogP contribution is -2.29. The first-order valence-corrected chi connectivity index (χ1v) is 9.92. The lowest BCUT2D eigenvalue weighted by atomic mass is 9.86. The number of rotatable bonds is 4. The van der Waals surface area contributed by atoms with Crippen LogP contribution in [-0.2, 0) is 16.4 Å². The van der Waals surface area contributed by atoms with E-state index in [1.54, 1.807) is 13.0 Å². The number of sulfone groups is 1. The Kier molecular flexibility index (Phi) is 6.01. The summed E-state index contributed by atoms with van der Waals surface area (Å²) in [6.45, 7) is 6.58. The summed E-state index contributed by atoms with van der Waals surface area (Å²) in [7, 11) is -3.30.